The molecule has 0 spiro atoms. The van der Waals surface area contributed by atoms with Gasteiger partial charge in [0.15, 0.2) is 0 Å². The number of carbonyl (C=O) groups excluding carboxylic acids is 1. The number of rotatable bonds is 6. The van der Waals surface area contributed by atoms with Gasteiger partial charge >= 0.3 is 12.0 Å². The Morgan fingerprint density at radius 2 is 2.19 bits per heavy atom. The first-order valence-corrected chi connectivity index (χ1v) is 6.65. The van der Waals surface area contributed by atoms with Crippen LogP contribution >= 0.6 is 0 Å². The number of hydrogen-bond acceptors (Lipinski definition) is 3. The molecule has 0 radical (unpaired) electrons. The third-order valence-electron chi connectivity index (χ3n) is 3.23. The number of urea groups is 1. The van der Waals surface area contributed by atoms with Crippen molar-refractivity contribution in [2.24, 2.45) is 0 Å². The average Bonchev–Trinajstić information content (AvgIpc) is 2.46. The van der Waals surface area contributed by atoms with Crippen LogP contribution in [0.5, 0.6) is 0 Å². The van der Waals surface area contributed by atoms with Gasteiger partial charge in [0.05, 0.1) is 18.1 Å². The van der Waals surface area contributed by atoms with Crippen LogP contribution < -0.4 is 5.32 Å². The summed E-state index contributed by atoms with van der Waals surface area (Å²) in [6.45, 7) is 2.21. The van der Waals surface area contributed by atoms with Crippen molar-refractivity contribution < 1.29 is 14.7 Å². The quantitative estimate of drug-likeness (QED) is 0.836. The van der Waals surface area contributed by atoms with Gasteiger partial charge in [0, 0.05) is 19.6 Å². The fraction of sp³-hybridized carbons (Fsp3) is 0.400. The first-order valence-electron chi connectivity index (χ1n) is 6.65. The zero-order chi connectivity index (χ0) is 15.8. The lowest BCUT2D eigenvalue weighted by Crippen LogP contribution is -2.42. The van der Waals surface area contributed by atoms with E-state index in [2.05, 4.69) is 5.32 Å². The highest BCUT2D eigenvalue weighted by Crippen LogP contribution is 2.06. The monoisotopic (exact) mass is 289 g/mol. The number of carbonyl (C=O) groups is 2. The van der Waals surface area contributed by atoms with Crippen LogP contribution in [-0.4, -0.2) is 41.6 Å². The SMILES string of the molecule is CC(CC#N)N(C)C(=O)NCCc1cccc(C(=O)O)c1. The molecule has 1 rings (SSSR count). The maximum Gasteiger partial charge on any atom is 0.335 e. The molecule has 0 saturated heterocycles. The molecule has 2 amide bonds. The largest absolute Gasteiger partial charge is 0.478 e. The molecule has 1 atom stereocenters. The van der Waals surface area contributed by atoms with E-state index in [1.165, 1.54) is 11.0 Å². The molecule has 2 N–H and O–H groups in total. The third-order valence-corrected chi connectivity index (χ3v) is 3.23. The van der Waals surface area contributed by atoms with Gasteiger partial charge < -0.3 is 15.3 Å². The summed E-state index contributed by atoms with van der Waals surface area (Å²) >= 11 is 0. The van der Waals surface area contributed by atoms with E-state index in [0.717, 1.165) is 5.56 Å². The number of carboxylic acids is 1. The predicted molar refractivity (Wildman–Crippen MR) is 78.0 cm³/mol. The fourth-order valence-electron chi connectivity index (χ4n) is 1.77. The van der Waals surface area contributed by atoms with Crippen molar-refractivity contribution >= 4 is 12.0 Å². The zero-order valence-corrected chi connectivity index (χ0v) is 12.2. The second kappa shape index (κ2) is 7.90. The Hall–Kier alpha value is -2.55. The van der Waals surface area contributed by atoms with E-state index in [-0.39, 0.29) is 24.1 Å². The molecule has 0 aliphatic heterocycles. The number of nitrogens with zero attached hydrogens (tertiary/aromatic N) is 2. The summed E-state index contributed by atoms with van der Waals surface area (Å²) in [4.78, 5) is 24.2. The Bertz CT molecular complexity index is 551. The molecule has 6 nitrogen and oxygen atoms in total. The molecule has 0 saturated carbocycles. The number of benzene rings is 1. The molecule has 0 aliphatic carbocycles. The van der Waals surface area contributed by atoms with E-state index in [9.17, 15) is 9.59 Å². The van der Waals surface area contributed by atoms with Crippen LogP contribution in [0.1, 0.15) is 29.3 Å². The minimum atomic E-state index is -0.967. The molecular weight excluding hydrogens is 270 g/mol. The molecule has 0 bridgehead atoms. The lowest BCUT2D eigenvalue weighted by atomic mass is 10.1. The molecule has 1 aromatic carbocycles. The molecule has 6 heteroatoms. The van der Waals surface area contributed by atoms with Crippen LogP contribution in [0.4, 0.5) is 4.79 Å². The summed E-state index contributed by atoms with van der Waals surface area (Å²) < 4.78 is 0. The van der Waals surface area contributed by atoms with Crippen LogP contribution in [0.2, 0.25) is 0 Å². The van der Waals surface area contributed by atoms with Crippen molar-refractivity contribution in [3.63, 3.8) is 0 Å². The van der Waals surface area contributed by atoms with Crippen molar-refractivity contribution in [1.82, 2.24) is 10.2 Å². The van der Waals surface area contributed by atoms with Gasteiger partial charge in [0.1, 0.15) is 0 Å². The number of carboxylic acid groups (broad SMARTS) is 1. The number of nitrogens with one attached hydrogen (secondary N) is 1. The first-order chi connectivity index (χ1) is 9.95. The van der Waals surface area contributed by atoms with Crippen molar-refractivity contribution in [3.8, 4) is 6.07 Å². The van der Waals surface area contributed by atoms with Crippen LogP contribution in [-0.2, 0) is 6.42 Å². The highest BCUT2D eigenvalue weighted by Gasteiger charge is 2.14. The normalized spacial score (nSPS) is 11.3. The molecule has 1 aromatic rings. The standard InChI is InChI=1S/C15H19N3O3/c1-11(6-8-16)18(2)15(21)17-9-7-12-4-3-5-13(10-12)14(19)20/h3-5,10-11H,6-7,9H2,1-2H3,(H,17,21)(H,19,20). The van der Waals surface area contributed by atoms with Crippen molar-refractivity contribution in [3.05, 3.63) is 35.4 Å². The number of nitriles is 1. The maximum atomic E-state index is 11.8. The van der Waals surface area contributed by atoms with Gasteiger partial charge in [-0.05, 0) is 31.0 Å². The van der Waals surface area contributed by atoms with Crippen LogP contribution in [0.15, 0.2) is 24.3 Å². The van der Waals surface area contributed by atoms with Gasteiger partial charge in [-0.1, -0.05) is 12.1 Å². The van der Waals surface area contributed by atoms with Gasteiger partial charge in [-0.25, -0.2) is 9.59 Å². The van der Waals surface area contributed by atoms with Gasteiger partial charge in [-0.2, -0.15) is 5.26 Å². The van der Waals surface area contributed by atoms with Gasteiger partial charge in [-0.15, -0.1) is 0 Å². The molecule has 21 heavy (non-hydrogen) atoms. The van der Waals surface area contributed by atoms with E-state index in [0.29, 0.717) is 13.0 Å². The summed E-state index contributed by atoms with van der Waals surface area (Å²) in [5, 5.41) is 20.3. The van der Waals surface area contributed by atoms with Gasteiger partial charge in [0.25, 0.3) is 0 Å². The van der Waals surface area contributed by atoms with E-state index < -0.39 is 5.97 Å². The summed E-state index contributed by atoms with van der Waals surface area (Å²) in [6.07, 6.45) is 0.831. The number of amides is 2. The number of hydrogen-bond donors (Lipinski definition) is 2. The summed E-state index contributed by atoms with van der Waals surface area (Å²) in [6, 6.07) is 8.26. The lowest BCUT2D eigenvalue weighted by Gasteiger charge is -2.23. The second-order valence-electron chi connectivity index (χ2n) is 4.81. The Labute approximate surface area is 124 Å². The van der Waals surface area contributed by atoms with E-state index in [1.54, 1.807) is 26.1 Å². The average molecular weight is 289 g/mol. The summed E-state index contributed by atoms with van der Waals surface area (Å²) in [5.74, 6) is -0.967. The molecule has 0 aromatic heterocycles. The van der Waals surface area contributed by atoms with Gasteiger partial charge in [-0.3, -0.25) is 0 Å². The predicted octanol–water partition coefficient (Wildman–Crippen LogP) is 1.87. The molecule has 0 heterocycles. The molecule has 0 fully saturated rings. The van der Waals surface area contributed by atoms with Crippen molar-refractivity contribution in [2.45, 2.75) is 25.8 Å². The first kappa shape index (κ1) is 16.5. The van der Waals surface area contributed by atoms with Crippen LogP contribution in [0, 0.1) is 11.3 Å². The minimum absolute atomic E-state index is 0.148. The minimum Gasteiger partial charge on any atom is -0.478 e. The van der Waals surface area contributed by atoms with Crippen LogP contribution in [0.3, 0.4) is 0 Å². The fourth-order valence-corrected chi connectivity index (χ4v) is 1.77. The van der Waals surface area contributed by atoms with E-state index in [4.69, 9.17) is 10.4 Å². The summed E-state index contributed by atoms with van der Waals surface area (Å²) in [7, 11) is 1.64. The Balaban J connectivity index is 2.46. The Morgan fingerprint density at radius 3 is 2.81 bits per heavy atom. The Kier molecular flexibility index (Phi) is 6.21. The third kappa shape index (κ3) is 5.15. The summed E-state index contributed by atoms with van der Waals surface area (Å²) in [5.41, 5.74) is 1.08. The van der Waals surface area contributed by atoms with Crippen molar-refractivity contribution in [1.29, 1.82) is 5.26 Å². The second-order valence-corrected chi connectivity index (χ2v) is 4.81. The topological polar surface area (TPSA) is 93.4 Å². The lowest BCUT2D eigenvalue weighted by molar-refractivity contribution is 0.0696. The van der Waals surface area contributed by atoms with E-state index >= 15 is 0 Å². The van der Waals surface area contributed by atoms with E-state index in [1.807, 2.05) is 12.1 Å². The maximum absolute atomic E-state index is 11.8. The molecular formula is C15H19N3O3. The van der Waals surface area contributed by atoms with Gasteiger partial charge in [0.2, 0.25) is 0 Å². The molecule has 1 unspecified atom stereocenters. The van der Waals surface area contributed by atoms with Crippen molar-refractivity contribution in [2.75, 3.05) is 13.6 Å². The molecule has 0 aliphatic rings. The number of aromatic carboxylic acids is 1. The Morgan fingerprint density at radius 1 is 1.48 bits per heavy atom. The molecule has 112 valence electrons. The zero-order valence-electron chi connectivity index (χ0n) is 12.2. The highest BCUT2D eigenvalue weighted by molar-refractivity contribution is 5.87. The highest BCUT2D eigenvalue weighted by atomic mass is 16.4. The smallest absolute Gasteiger partial charge is 0.335 e. The van der Waals surface area contributed by atoms with Crippen LogP contribution in [0.25, 0.3) is 0 Å².